The third-order valence-corrected chi connectivity index (χ3v) is 4.53. The zero-order valence-electron chi connectivity index (χ0n) is 14.7. The van der Waals surface area contributed by atoms with Gasteiger partial charge >= 0.3 is 5.97 Å². The Bertz CT molecular complexity index is 601. The summed E-state index contributed by atoms with van der Waals surface area (Å²) in [6.07, 6.45) is 1.46. The SMILES string of the molecule is CCOC(=O)C1CCN(CC(=O)NCc2cc(Cl)ccc2OC)CC1. The highest BCUT2D eigenvalue weighted by Gasteiger charge is 2.26. The average Bonchev–Trinajstić information content (AvgIpc) is 2.61. The van der Waals surface area contributed by atoms with Gasteiger partial charge in [0, 0.05) is 17.1 Å². The van der Waals surface area contributed by atoms with Crippen LogP contribution in [0.4, 0.5) is 0 Å². The highest BCUT2D eigenvalue weighted by atomic mass is 35.5. The van der Waals surface area contributed by atoms with Crippen molar-refractivity contribution < 1.29 is 19.1 Å². The molecule has 138 valence electrons. The molecular formula is C18H25ClN2O4. The number of hydrogen-bond acceptors (Lipinski definition) is 5. The van der Waals surface area contributed by atoms with Crippen LogP contribution in [0.15, 0.2) is 18.2 Å². The second-order valence-corrected chi connectivity index (χ2v) is 6.47. The summed E-state index contributed by atoms with van der Waals surface area (Å²) < 4.78 is 10.3. The van der Waals surface area contributed by atoms with E-state index in [1.54, 1.807) is 25.3 Å². The van der Waals surface area contributed by atoms with Gasteiger partial charge in [0.15, 0.2) is 0 Å². The van der Waals surface area contributed by atoms with Crippen LogP contribution in [0.1, 0.15) is 25.3 Å². The standard InChI is InChI=1S/C18H25ClN2O4/c1-3-25-18(23)13-6-8-21(9-7-13)12-17(22)20-11-14-10-15(19)4-5-16(14)24-2/h4-5,10,13H,3,6-9,11-12H2,1-2H3,(H,20,22). The highest BCUT2D eigenvalue weighted by Crippen LogP contribution is 2.22. The number of likely N-dealkylation sites (tertiary alicyclic amines) is 1. The predicted octanol–water partition coefficient (Wildman–Crippen LogP) is 2.24. The maximum absolute atomic E-state index is 12.2. The lowest BCUT2D eigenvalue weighted by Gasteiger charge is -2.30. The quantitative estimate of drug-likeness (QED) is 0.747. The van der Waals surface area contributed by atoms with E-state index in [9.17, 15) is 9.59 Å². The van der Waals surface area contributed by atoms with Crippen LogP contribution in [-0.2, 0) is 20.9 Å². The van der Waals surface area contributed by atoms with Crippen molar-refractivity contribution in [1.82, 2.24) is 10.2 Å². The van der Waals surface area contributed by atoms with Crippen LogP contribution in [0.5, 0.6) is 5.75 Å². The largest absolute Gasteiger partial charge is 0.496 e. The van der Waals surface area contributed by atoms with E-state index in [2.05, 4.69) is 10.2 Å². The van der Waals surface area contributed by atoms with Gasteiger partial charge in [-0.2, -0.15) is 0 Å². The van der Waals surface area contributed by atoms with E-state index in [-0.39, 0.29) is 17.8 Å². The first-order chi connectivity index (χ1) is 12.0. The summed E-state index contributed by atoms with van der Waals surface area (Å²) in [5.74, 6) is 0.464. The monoisotopic (exact) mass is 368 g/mol. The van der Waals surface area contributed by atoms with Crippen LogP contribution in [0.2, 0.25) is 5.02 Å². The summed E-state index contributed by atoms with van der Waals surface area (Å²) in [5.41, 5.74) is 0.837. The van der Waals surface area contributed by atoms with E-state index in [0.717, 1.165) is 31.5 Å². The molecule has 0 saturated carbocycles. The molecule has 1 aliphatic rings. The van der Waals surface area contributed by atoms with Gasteiger partial charge in [0.05, 0.1) is 26.2 Å². The number of rotatable bonds is 7. The maximum Gasteiger partial charge on any atom is 0.309 e. The molecule has 7 heteroatoms. The summed E-state index contributed by atoms with van der Waals surface area (Å²) in [6.45, 7) is 4.34. The van der Waals surface area contributed by atoms with Crippen LogP contribution in [0.25, 0.3) is 0 Å². The fourth-order valence-electron chi connectivity index (χ4n) is 2.92. The van der Waals surface area contributed by atoms with Crippen molar-refractivity contribution >= 4 is 23.5 Å². The molecular weight excluding hydrogens is 344 g/mol. The third kappa shape index (κ3) is 5.90. The van der Waals surface area contributed by atoms with Gasteiger partial charge in [-0.15, -0.1) is 0 Å². The van der Waals surface area contributed by atoms with Crippen molar-refractivity contribution in [2.24, 2.45) is 5.92 Å². The van der Waals surface area contributed by atoms with Gasteiger partial charge in [-0.3, -0.25) is 14.5 Å². The molecule has 0 spiro atoms. The van der Waals surface area contributed by atoms with Crippen molar-refractivity contribution in [3.63, 3.8) is 0 Å². The third-order valence-electron chi connectivity index (χ3n) is 4.29. The number of halogens is 1. The van der Waals surface area contributed by atoms with Crippen molar-refractivity contribution in [2.75, 3.05) is 33.4 Å². The average molecular weight is 369 g/mol. The van der Waals surface area contributed by atoms with Crippen LogP contribution >= 0.6 is 11.6 Å². The minimum atomic E-state index is -0.125. The summed E-state index contributed by atoms with van der Waals surface area (Å²) >= 11 is 5.99. The van der Waals surface area contributed by atoms with E-state index in [4.69, 9.17) is 21.1 Å². The van der Waals surface area contributed by atoms with Crippen molar-refractivity contribution in [3.8, 4) is 5.75 Å². The molecule has 1 heterocycles. The van der Waals surface area contributed by atoms with Gasteiger partial charge in [0.1, 0.15) is 5.75 Å². The molecule has 0 aliphatic carbocycles. The lowest BCUT2D eigenvalue weighted by atomic mass is 9.97. The first-order valence-electron chi connectivity index (χ1n) is 8.51. The number of carbonyl (C=O) groups excluding carboxylic acids is 2. The topological polar surface area (TPSA) is 67.9 Å². The Morgan fingerprint density at radius 1 is 1.32 bits per heavy atom. The molecule has 1 fully saturated rings. The predicted molar refractivity (Wildman–Crippen MR) is 95.6 cm³/mol. The first kappa shape index (κ1) is 19.5. The Hall–Kier alpha value is -1.79. The van der Waals surface area contributed by atoms with Crippen LogP contribution in [0, 0.1) is 5.92 Å². The smallest absolute Gasteiger partial charge is 0.309 e. The number of ether oxygens (including phenoxy) is 2. The molecule has 25 heavy (non-hydrogen) atoms. The molecule has 0 aromatic heterocycles. The second-order valence-electron chi connectivity index (χ2n) is 6.04. The number of esters is 1. The molecule has 6 nitrogen and oxygen atoms in total. The van der Waals surface area contributed by atoms with Crippen LogP contribution in [-0.4, -0.2) is 50.1 Å². The van der Waals surface area contributed by atoms with Crippen molar-refractivity contribution in [2.45, 2.75) is 26.3 Å². The Labute approximate surface area is 153 Å². The number of nitrogens with one attached hydrogen (secondary N) is 1. The molecule has 1 N–H and O–H groups in total. The number of hydrogen-bond donors (Lipinski definition) is 1. The number of amides is 1. The normalized spacial score (nSPS) is 15.6. The zero-order valence-corrected chi connectivity index (χ0v) is 15.5. The van der Waals surface area contributed by atoms with Gasteiger partial charge in [-0.05, 0) is 51.1 Å². The van der Waals surface area contributed by atoms with E-state index in [1.807, 2.05) is 6.92 Å². The minimum Gasteiger partial charge on any atom is -0.496 e. The Morgan fingerprint density at radius 2 is 2.04 bits per heavy atom. The van der Waals surface area contributed by atoms with Gasteiger partial charge in [-0.25, -0.2) is 0 Å². The van der Waals surface area contributed by atoms with E-state index in [0.29, 0.717) is 30.5 Å². The molecule has 0 unspecified atom stereocenters. The number of benzene rings is 1. The Kier molecular flexibility index (Phi) is 7.52. The molecule has 2 rings (SSSR count). The molecule has 1 aromatic carbocycles. The van der Waals surface area contributed by atoms with Gasteiger partial charge in [0.2, 0.25) is 5.91 Å². The maximum atomic E-state index is 12.2. The summed E-state index contributed by atoms with van der Waals surface area (Å²) in [4.78, 5) is 26.0. The fourth-order valence-corrected chi connectivity index (χ4v) is 3.12. The fraction of sp³-hybridized carbons (Fsp3) is 0.556. The van der Waals surface area contributed by atoms with Gasteiger partial charge < -0.3 is 14.8 Å². The summed E-state index contributed by atoms with van der Waals surface area (Å²) in [7, 11) is 1.59. The number of piperidine rings is 1. The van der Waals surface area contributed by atoms with Gasteiger partial charge in [0.25, 0.3) is 0 Å². The van der Waals surface area contributed by atoms with Crippen molar-refractivity contribution in [3.05, 3.63) is 28.8 Å². The molecule has 0 atom stereocenters. The Morgan fingerprint density at radius 3 is 2.68 bits per heavy atom. The van der Waals surface area contributed by atoms with Crippen LogP contribution in [0.3, 0.4) is 0 Å². The van der Waals surface area contributed by atoms with E-state index >= 15 is 0 Å². The molecule has 1 saturated heterocycles. The van der Waals surface area contributed by atoms with E-state index in [1.165, 1.54) is 0 Å². The molecule has 1 aromatic rings. The summed E-state index contributed by atoms with van der Waals surface area (Å²) in [5, 5.41) is 3.49. The number of carbonyl (C=O) groups is 2. The van der Waals surface area contributed by atoms with E-state index < -0.39 is 0 Å². The number of methoxy groups -OCH3 is 1. The highest BCUT2D eigenvalue weighted by molar-refractivity contribution is 6.30. The molecule has 1 amide bonds. The molecule has 0 bridgehead atoms. The molecule has 0 radical (unpaired) electrons. The van der Waals surface area contributed by atoms with Gasteiger partial charge in [-0.1, -0.05) is 11.6 Å². The lowest BCUT2D eigenvalue weighted by Crippen LogP contribution is -2.42. The second kappa shape index (κ2) is 9.63. The Balaban J connectivity index is 1.76. The number of nitrogens with zero attached hydrogens (tertiary/aromatic N) is 1. The van der Waals surface area contributed by atoms with Crippen LogP contribution < -0.4 is 10.1 Å². The van der Waals surface area contributed by atoms with Crippen molar-refractivity contribution in [1.29, 1.82) is 0 Å². The lowest BCUT2D eigenvalue weighted by molar-refractivity contribution is -0.149. The first-order valence-corrected chi connectivity index (χ1v) is 8.89. The summed E-state index contributed by atoms with van der Waals surface area (Å²) in [6, 6.07) is 5.31. The molecule has 1 aliphatic heterocycles. The zero-order chi connectivity index (χ0) is 18.2. The minimum absolute atomic E-state index is 0.0463.